The standard InChI is InChI=1S/C19H24Cl2NO3P/c1-19(2,15-8-9-17(20)18(21)10-15)22-11-16(23)13-26(24,25)12-14-6-4-3-5-7-14/h3-10,16,22-23H,11-13H2,1-2H3,(H,24,25)/t16-/m1/s1. The average molecular weight is 416 g/mol. The Hall–Kier alpha value is -0.870. The average Bonchev–Trinajstić information content (AvgIpc) is 2.55. The summed E-state index contributed by atoms with van der Waals surface area (Å²) in [6.07, 6.45) is -1.04. The number of rotatable bonds is 8. The predicted molar refractivity (Wildman–Crippen MR) is 108 cm³/mol. The van der Waals surface area contributed by atoms with Gasteiger partial charge in [0.15, 0.2) is 0 Å². The highest BCUT2D eigenvalue weighted by Crippen LogP contribution is 2.44. The minimum atomic E-state index is -3.47. The first-order chi connectivity index (χ1) is 12.1. The van der Waals surface area contributed by atoms with Crippen LogP contribution in [0.5, 0.6) is 0 Å². The maximum Gasteiger partial charge on any atom is 0.207 e. The molecule has 0 amide bonds. The van der Waals surface area contributed by atoms with E-state index in [0.717, 1.165) is 11.1 Å². The quantitative estimate of drug-likeness (QED) is 0.548. The number of hydrogen-bond donors (Lipinski definition) is 3. The van der Waals surface area contributed by atoms with Gasteiger partial charge in [-0.1, -0.05) is 59.6 Å². The largest absolute Gasteiger partial charge is 0.391 e. The number of aliphatic hydroxyl groups excluding tert-OH is 1. The molecule has 0 aliphatic heterocycles. The van der Waals surface area contributed by atoms with Gasteiger partial charge in [0.2, 0.25) is 7.37 Å². The maximum absolute atomic E-state index is 12.4. The third-order valence-corrected chi connectivity index (χ3v) is 6.78. The van der Waals surface area contributed by atoms with Gasteiger partial charge in [0.25, 0.3) is 0 Å². The lowest BCUT2D eigenvalue weighted by molar-refractivity contribution is 0.176. The lowest BCUT2D eigenvalue weighted by Gasteiger charge is -2.29. The van der Waals surface area contributed by atoms with E-state index in [1.54, 1.807) is 24.3 Å². The van der Waals surface area contributed by atoms with Crippen LogP contribution >= 0.6 is 30.6 Å². The van der Waals surface area contributed by atoms with E-state index in [2.05, 4.69) is 5.32 Å². The fourth-order valence-corrected chi connectivity index (χ4v) is 4.68. The van der Waals surface area contributed by atoms with Crippen molar-refractivity contribution < 1.29 is 14.6 Å². The Morgan fingerprint density at radius 1 is 1.12 bits per heavy atom. The number of halogens is 2. The van der Waals surface area contributed by atoms with E-state index >= 15 is 0 Å². The fourth-order valence-electron chi connectivity index (χ4n) is 2.69. The summed E-state index contributed by atoms with van der Waals surface area (Å²) in [5.41, 5.74) is 1.22. The van der Waals surface area contributed by atoms with Gasteiger partial charge in [-0.25, -0.2) is 0 Å². The summed E-state index contributed by atoms with van der Waals surface area (Å²) in [6.45, 7) is 4.08. The second-order valence-electron chi connectivity index (χ2n) is 6.96. The summed E-state index contributed by atoms with van der Waals surface area (Å²) >= 11 is 12.0. The molecule has 0 bridgehead atoms. The summed E-state index contributed by atoms with van der Waals surface area (Å²) in [5.74, 6) is 0. The summed E-state index contributed by atoms with van der Waals surface area (Å²) in [5, 5.41) is 14.4. The molecule has 2 aromatic rings. The van der Waals surface area contributed by atoms with Gasteiger partial charge >= 0.3 is 0 Å². The minimum Gasteiger partial charge on any atom is -0.391 e. The molecule has 0 aliphatic rings. The zero-order chi connectivity index (χ0) is 19.4. The number of nitrogens with one attached hydrogen (secondary N) is 1. The molecule has 0 aromatic heterocycles. The monoisotopic (exact) mass is 415 g/mol. The molecule has 0 aliphatic carbocycles. The third-order valence-electron chi connectivity index (χ3n) is 4.19. The molecule has 3 N–H and O–H groups in total. The molecule has 142 valence electrons. The molecule has 2 atom stereocenters. The maximum atomic E-state index is 12.4. The number of aliphatic hydroxyl groups is 1. The lowest BCUT2D eigenvalue weighted by Crippen LogP contribution is -2.42. The van der Waals surface area contributed by atoms with E-state index < -0.39 is 19.0 Å². The molecule has 4 nitrogen and oxygen atoms in total. The van der Waals surface area contributed by atoms with Gasteiger partial charge in [-0.2, -0.15) is 0 Å². The van der Waals surface area contributed by atoms with Gasteiger partial charge in [-0.05, 0) is 37.1 Å². The summed E-state index contributed by atoms with van der Waals surface area (Å²) in [6, 6.07) is 14.5. The van der Waals surface area contributed by atoms with Gasteiger partial charge in [-0.3, -0.25) is 4.57 Å². The van der Waals surface area contributed by atoms with Crippen molar-refractivity contribution in [3.8, 4) is 0 Å². The highest BCUT2D eigenvalue weighted by molar-refractivity contribution is 7.57. The Morgan fingerprint density at radius 3 is 2.38 bits per heavy atom. The van der Waals surface area contributed by atoms with Crippen LogP contribution in [0.2, 0.25) is 10.0 Å². The van der Waals surface area contributed by atoms with Gasteiger partial charge in [-0.15, -0.1) is 0 Å². The van der Waals surface area contributed by atoms with Crippen molar-refractivity contribution in [2.45, 2.75) is 31.7 Å². The van der Waals surface area contributed by atoms with Crippen LogP contribution in [0.25, 0.3) is 0 Å². The van der Waals surface area contributed by atoms with Crippen LogP contribution in [-0.2, 0) is 16.3 Å². The van der Waals surface area contributed by atoms with Crippen molar-refractivity contribution in [2.24, 2.45) is 0 Å². The van der Waals surface area contributed by atoms with E-state index in [4.69, 9.17) is 23.2 Å². The number of benzene rings is 2. The first-order valence-corrected chi connectivity index (χ1v) is 11.1. The molecule has 0 heterocycles. The highest BCUT2D eigenvalue weighted by atomic mass is 35.5. The zero-order valence-corrected chi connectivity index (χ0v) is 17.2. The SMILES string of the molecule is CC(C)(NC[C@@H](O)CP(=O)(O)Cc1ccccc1)c1ccc(Cl)c(Cl)c1. The van der Waals surface area contributed by atoms with Crippen molar-refractivity contribution in [3.05, 3.63) is 69.7 Å². The Morgan fingerprint density at radius 2 is 1.77 bits per heavy atom. The van der Waals surface area contributed by atoms with Gasteiger partial charge < -0.3 is 15.3 Å². The molecule has 0 spiro atoms. The smallest absolute Gasteiger partial charge is 0.207 e. The van der Waals surface area contributed by atoms with Crippen LogP contribution in [0.1, 0.15) is 25.0 Å². The van der Waals surface area contributed by atoms with Crippen LogP contribution < -0.4 is 5.32 Å². The van der Waals surface area contributed by atoms with Crippen molar-refractivity contribution in [1.82, 2.24) is 5.32 Å². The molecular formula is C19H24Cl2NO3P. The topological polar surface area (TPSA) is 69.6 Å². The Balaban J connectivity index is 1.93. The van der Waals surface area contributed by atoms with Crippen molar-refractivity contribution in [1.29, 1.82) is 0 Å². The second-order valence-corrected chi connectivity index (χ2v) is 10.1. The van der Waals surface area contributed by atoms with Crippen LogP contribution in [0.3, 0.4) is 0 Å². The molecule has 0 saturated heterocycles. The van der Waals surface area contributed by atoms with Crippen LogP contribution in [0, 0.1) is 0 Å². The van der Waals surface area contributed by atoms with Crippen LogP contribution in [0.15, 0.2) is 48.5 Å². The molecule has 2 rings (SSSR count). The third kappa shape index (κ3) is 6.38. The van der Waals surface area contributed by atoms with E-state index in [9.17, 15) is 14.6 Å². The minimum absolute atomic E-state index is 0.0566. The molecule has 0 fully saturated rings. The Bertz CT molecular complexity index is 784. The van der Waals surface area contributed by atoms with Gasteiger partial charge in [0.05, 0.1) is 22.3 Å². The summed E-state index contributed by atoms with van der Waals surface area (Å²) < 4.78 is 12.4. The zero-order valence-electron chi connectivity index (χ0n) is 14.8. The molecule has 7 heteroatoms. The van der Waals surface area contributed by atoms with Crippen molar-refractivity contribution in [3.63, 3.8) is 0 Å². The van der Waals surface area contributed by atoms with E-state index in [-0.39, 0.29) is 18.9 Å². The van der Waals surface area contributed by atoms with E-state index in [1.807, 2.05) is 38.1 Å². The predicted octanol–water partition coefficient (Wildman–Crippen LogP) is 4.65. The fraction of sp³-hybridized carbons (Fsp3) is 0.368. The van der Waals surface area contributed by atoms with E-state index in [0.29, 0.717) is 10.0 Å². The Kier molecular flexibility index (Phi) is 7.32. The molecule has 26 heavy (non-hydrogen) atoms. The number of hydrogen-bond acceptors (Lipinski definition) is 3. The van der Waals surface area contributed by atoms with Gasteiger partial charge in [0, 0.05) is 18.2 Å². The van der Waals surface area contributed by atoms with Crippen molar-refractivity contribution in [2.75, 3.05) is 12.7 Å². The van der Waals surface area contributed by atoms with Crippen LogP contribution in [-0.4, -0.2) is 28.8 Å². The van der Waals surface area contributed by atoms with E-state index in [1.165, 1.54) is 0 Å². The lowest BCUT2D eigenvalue weighted by atomic mass is 9.94. The van der Waals surface area contributed by atoms with Crippen molar-refractivity contribution >= 4 is 30.6 Å². The first kappa shape index (κ1) is 21.4. The molecular weight excluding hydrogens is 392 g/mol. The van der Waals surface area contributed by atoms with Crippen LogP contribution in [0.4, 0.5) is 0 Å². The highest BCUT2D eigenvalue weighted by Gasteiger charge is 2.26. The summed E-state index contributed by atoms with van der Waals surface area (Å²) in [7, 11) is -3.47. The molecule has 2 aromatic carbocycles. The van der Waals surface area contributed by atoms with Gasteiger partial charge in [0.1, 0.15) is 0 Å². The summed E-state index contributed by atoms with van der Waals surface area (Å²) in [4.78, 5) is 10.2. The molecule has 1 unspecified atom stereocenters. The second kappa shape index (κ2) is 8.88. The Labute approximate surface area is 164 Å². The normalized spacial score (nSPS) is 15.5. The molecule has 0 radical (unpaired) electrons. The first-order valence-electron chi connectivity index (χ1n) is 8.32. The molecule has 0 saturated carbocycles.